The quantitative estimate of drug-likeness (QED) is 0.645. The molecule has 1 aliphatic rings. The smallest absolute Gasteiger partial charge is 0.310 e. The summed E-state index contributed by atoms with van der Waals surface area (Å²) in [7, 11) is 0. The minimum Gasteiger partial charge on any atom is -0.481 e. The zero-order chi connectivity index (χ0) is 15.2. The molecule has 0 bridgehead atoms. The number of aryl methyl sites for hydroxylation is 1. The monoisotopic (exact) mass is 285 g/mol. The van der Waals surface area contributed by atoms with Crippen molar-refractivity contribution < 1.29 is 14.7 Å². The van der Waals surface area contributed by atoms with E-state index < -0.39 is 11.9 Å². The first-order valence-corrected chi connectivity index (χ1v) is 7.07. The van der Waals surface area contributed by atoms with Gasteiger partial charge < -0.3 is 10.4 Å². The van der Waals surface area contributed by atoms with E-state index in [0.717, 1.165) is 12.0 Å². The van der Waals surface area contributed by atoms with Gasteiger partial charge in [0, 0.05) is 12.1 Å². The van der Waals surface area contributed by atoms with Gasteiger partial charge >= 0.3 is 5.97 Å². The molecule has 2 rings (SSSR count). The third-order valence-corrected chi connectivity index (χ3v) is 3.54. The molecule has 110 valence electrons. The van der Waals surface area contributed by atoms with Crippen LogP contribution in [0, 0.1) is 5.92 Å². The fourth-order valence-corrected chi connectivity index (χ4v) is 2.26. The summed E-state index contributed by atoms with van der Waals surface area (Å²) in [5.74, 6) is -1.56. The number of carboxylic acids is 1. The first-order valence-electron chi connectivity index (χ1n) is 7.07. The van der Waals surface area contributed by atoms with E-state index in [0.29, 0.717) is 6.42 Å². The maximum atomic E-state index is 11.8. The molecule has 1 aromatic carbocycles. The van der Waals surface area contributed by atoms with Crippen LogP contribution >= 0.6 is 0 Å². The molecule has 21 heavy (non-hydrogen) atoms. The summed E-state index contributed by atoms with van der Waals surface area (Å²) < 4.78 is 0. The fraction of sp³-hybridized carbons (Fsp3) is 0.294. The molecule has 0 saturated heterocycles. The molecule has 1 aliphatic carbocycles. The lowest BCUT2D eigenvalue weighted by molar-refractivity contribution is -0.140. The molecule has 1 amide bonds. The van der Waals surface area contributed by atoms with Crippen LogP contribution in [0.25, 0.3) is 6.08 Å². The molecule has 0 radical (unpaired) electrons. The van der Waals surface area contributed by atoms with Crippen molar-refractivity contribution in [2.75, 3.05) is 0 Å². The number of carboxylic acid groups (broad SMARTS) is 1. The number of carbonyl (C=O) groups is 2. The van der Waals surface area contributed by atoms with Crippen molar-refractivity contribution in [1.29, 1.82) is 0 Å². The molecule has 4 heteroatoms. The first kappa shape index (κ1) is 15.0. The van der Waals surface area contributed by atoms with Crippen LogP contribution in [0.2, 0.25) is 0 Å². The lowest BCUT2D eigenvalue weighted by Crippen LogP contribution is -2.31. The van der Waals surface area contributed by atoms with Crippen LogP contribution in [-0.2, 0) is 16.0 Å². The summed E-state index contributed by atoms with van der Waals surface area (Å²) >= 11 is 0. The average molecular weight is 285 g/mol. The number of rotatable bonds is 5. The van der Waals surface area contributed by atoms with E-state index in [-0.39, 0.29) is 11.9 Å². The van der Waals surface area contributed by atoms with E-state index in [2.05, 4.69) is 12.2 Å². The van der Waals surface area contributed by atoms with Crippen LogP contribution in [0.1, 0.15) is 24.5 Å². The van der Waals surface area contributed by atoms with Gasteiger partial charge in [0.15, 0.2) is 0 Å². The lowest BCUT2D eigenvalue weighted by Gasteiger charge is -2.10. The van der Waals surface area contributed by atoms with Crippen LogP contribution in [0.15, 0.2) is 42.5 Å². The number of amides is 1. The largest absolute Gasteiger partial charge is 0.481 e. The van der Waals surface area contributed by atoms with Crippen LogP contribution in [0.3, 0.4) is 0 Å². The maximum absolute atomic E-state index is 11.8. The van der Waals surface area contributed by atoms with Crippen molar-refractivity contribution in [3.05, 3.63) is 53.6 Å². The van der Waals surface area contributed by atoms with E-state index >= 15 is 0 Å². The van der Waals surface area contributed by atoms with Gasteiger partial charge in [-0.2, -0.15) is 0 Å². The third-order valence-electron chi connectivity index (χ3n) is 3.54. The highest BCUT2D eigenvalue weighted by Crippen LogP contribution is 2.17. The highest BCUT2D eigenvalue weighted by molar-refractivity contribution is 5.92. The van der Waals surface area contributed by atoms with Gasteiger partial charge in [0.25, 0.3) is 0 Å². The molecule has 0 aliphatic heterocycles. The van der Waals surface area contributed by atoms with E-state index in [1.54, 1.807) is 18.2 Å². The van der Waals surface area contributed by atoms with Gasteiger partial charge in [0.1, 0.15) is 0 Å². The zero-order valence-electron chi connectivity index (χ0n) is 12.0. The highest BCUT2D eigenvalue weighted by atomic mass is 16.4. The molecule has 2 atom stereocenters. The Kier molecular flexibility index (Phi) is 4.93. The third kappa shape index (κ3) is 4.31. The zero-order valence-corrected chi connectivity index (χ0v) is 12.0. The van der Waals surface area contributed by atoms with Crippen LogP contribution in [-0.4, -0.2) is 23.0 Å². The molecule has 1 aromatic rings. The molecule has 0 spiro atoms. The second-order valence-electron chi connectivity index (χ2n) is 5.11. The summed E-state index contributed by atoms with van der Waals surface area (Å²) in [5, 5.41) is 11.7. The number of hydrogen-bond donors (Lipinski definition) is 2. The number of carbonyl (C=O) groups excluding carboxylic acids is 1. The number of hydrogen-bond acceptors (Lipinski definition) is 2. The van der Waals surface area contributed by atoms with Crippen LogP contribution < -0.4 is 5.32 Å². The predicted octanol–water partition coefficient (Wildman–Crippen LogP) is 2.41. The predicted molar refractivity (Wildman–Crippen MR) is 81.7 cm³/mol. The van der Waals surface area contributed by atoms with Crippen molar-refractivity contribution in [3.8, 4) is 0 Å². The van der Waals surface area contributed by atoms with Gasteiger partial charge in [-0.25, -0.2) is 0 Å². The highest BCUT2D eigenvalue weighted by Gasteiger charge is 2.24. The Morgan fingerprint density at radius 2 is 2.00 bits per heavy atom. The first-order chi connectivity index (χ1) is 10.1. The summed E-state index contributed by atoms with van der Waals surface area (Å²) in [6.07, 6.45) is 8.00. The van der Waals surface area contributed by atoms with Crippen LogP contribution in [0.5, 0.6) is 0 Å². The van der Waals surface area contributed by atoms with Gasteiger partial charge in [-0.1, -0.05) is 43.3 Å². The van der Waals surface area contributed by atoms with Gasteiger partial charge in [0.05, 0.1) is 5.92 Å². The van der Waals surface area contributed by atoms with Crippen molar-refractivity contribution in [2.24, 2.45) is 5.92 Å². The Balaban J connectivity index is 1.85. The van der Waals surface area contributed by atoms with Crippen molar-refractivity contribution in [3.63, 3.8) is 0 Å². The Morgan fingerprint density at radius 1 is 1.29 bits per heavy atom. The summed E-state index contributed by atoms with van der Waals surface area (Å²) in [6, 6.07) is 7.81. The lowest BCUT2D eigenvalue weighted by atomic mass is 10.1. The molecular formula is C17H19NO3. The van der Waals surface area contributed by atoms with Gasteiger partial charge in [0.2, 0.25) is 5.91 Å². The van der Waals surface area contributed by atoms with Crippen molar-refractivity contribution in [2.45, 2.75) is 25.8 Å². The number of benzene rings is 1. The van der Waals surface area contributed by atoms with E-state index in [9.17, 15) is 9.59 Å². The standard InChI is InChI=1S/C17H19NO3/c1-2-12-3-5-13(6-4-12)7-10-16(19)18-15-9-8-14(11-15)17(20)21/h3-10,14-15H,2,11H2,1H3,(H,18,19)(H,20,21). The Morgan fingerprint density at radius 3 is 2.57 bits per heavy atom. The SMILES string of the molecule is CCc1ccc(C=CC(=O)NC2C=CC(C(=O)O)C2)cc1. The summed E-state index contributed by atoms with van der Waals surface area (Å²) in [6.45, 7) is 2.10. The Bertz CT molecular complexity index is 572. The molecular weight excluding hydrogens is 266 g/mol. The molecule has 4 nitrogen and oxygen atoms in total. The average Bonchev–Trinajstić information content (AvgIpc) is 2.94. The second-order valence-corrected chi connectivity index (χ2v) is 5.11. The Hall–Kier alpha value is -2.36. The Labute approximate surface area is 124 Å². The van der Waals surface area contributed by atoms with E-state index in [1.165, 1.54) is 11.6 Å². The number of nitrogens with one attached hydrogen (secondary N) is 1. The normalized spacial score (nSPS) is 20.8. The summed E-state index contributed by atoms with van der Waals surface area (Å²) in [5.41, 5.74) is 2.22. The van der Waals surface area contributed by atoms with Gasteiger partial charge in [-0.15, -0.1) is 0 Å². The fourth-order valence-electron chi connectivity index (χ4n) is 2.26. The molecule has 2 N–H and O–H groups in total. The molecule has 0 fully saturated rings. The topological polar surface area (TPSA) is 66.4 Å². The molecule has 0 aromatic heterocycles. The summed E-state index contributed by atoms with van der Waals surface area (Å²) in [4.78, 5) is 22.6. The van der Waals surface area contributed by atoms with Crippen molar-refractivity contribution >= 4 is 18.0 Å². The molecule has 0 saturated carbocycles. The van der Waals surface area contributed by atoms with Gasteiger partial charge in [-0.3, -0.25) is 9.59 Å². The van der Waals surface area contributed by atoms with Crippen molar-refractivity contribution in [1.82, 2.24) is 5.32 Å². The van der Waals surface area contributed by atoms with E-state index in [4.69, 9.17) is 5.11 Å². The maximum Gasteiger partial charge on any atom is 0.310 e. The van der Waals surface area contributed by atoms with Gasteiger partial charge in [-0.05, 0) is 30.0 Å². The molecule has 0 heterocycles. The minimum absolute atomic E-state index is 0.203. The second kappa shape index (κ2) is 6.88. The number of aliphatic carboxylic acids is 1. The minimum atomic E-state index is -0.852. The molecule has 2 unspecified atom stereocenters. The van der Waals surface area contributed by atoms with Crippen LogP contribution in [0.4, 0.5) is 0 Å². The van der Waals surface area contributed by atoms with E-state index in [1.807, 2.05) is 24.3 Å².